The van der Waals surface area contributed by atoms with Gasteiger partial charge in [0.15, 0.2) is 0 Å². The number of amides is 2. The van der Waals surface area contributed by atoms with Crippen molar-refractivity contribution < 1.29 is 14.3 Å². The summed E-state index contributed by atoms with van der Waals surface area (Å²) in [5.74, 6) is -0.0767. The van der Waals surface area contributed by atoms with Crippen molar-refractivity contribution in [2.45, 2.75) is 37.8 Å². The Morgan fingerprint density at radius 3 is 2.95 bits per heavy atom. The second-order valence-electron chi connectivity index (χ2n) is 5.11. The summed E-state index contributed by atoms with van der Waals surface area (Å²) < 4.78 is 5.60. The molecule has 6 nitrogen and oxygen atoms in total. The lowest BCUT2D eigenvalue weighted by molar-refractivity contribution is -0.144. The van der Waals surface area contributed by atoms with Crippen LogP contribution >= 0.6 is 0 Å². The molecule has 0 aromatic rings. The minimum atomic E-state index is -0.394. The number of hydrogen-bond acceptors (Lipinski definition) is 4. The van der Waals surface area contributed by atoms with E-state index in [4.69, 9.17) is 4.74 Å². The third-order valence-corrected chi connectivity index (χ3v) is 3.79. The average molecular weight is 269 g/mol. The molecule has 0 radical (unpaired) electrons. The number of piperazine rings is 1. The molecule has 2 saturated heterocycles. The Bertz CT molecular complexity index is 329. The Morgan fingerprint density at radius 1 is 1.42 bits per heavy atom. The molecule has 0 spiro atoms. The van der Waals surface area contributed by atoms with Gasteiger partial charge in [0.05, 0.1) is 12.5 Å². The van der Waals surface area contributed by atoms with E-state index in [1.54, 1.807) is 11.9 Å². The lowest BCUT2D eigenvalue weighted by atomic mass is 10.0. The first kappa shape index (κ1) is 14.3. The van der Waals surface area contributed by atoms with Crippen LogP contribution in [0, 0.1) is 0 Å². The number of carbonyl (C=O) groups is 2. The minimum absolute atomic E-state index is 0.0291. The summed E-state index contributed by atoms with van der Waals surface area (Å²) in [6, 6.07) is -0.394. The summed E-state index contributed by atoms with van der Waals surface area (Å²) in [7, 11) is 1.60. The summed E-state index contributed by atoms with van der Waals surface area (Å²) in [6.45, 7) is 2.60. The molecule has 0 aromatic heterocycles. The van der Waals surface area contributed by atoms with Gasteiger partial charge in [-0.15, -0.1) is 0 Å². The molecule has 2 N–H and O–H groups in total. The van der Waals surface area contributed by atoms with Crippen molar-refractivity contribution >= 4 is 11.8 Å². The van der Waals surface area contributed by atoms with Crippen LogP contribution in [0.2, 0.25) is 0 Å². The van der Waals surface area contributed by atoms with Gasteiger partial charge >= 0.3 is 0 Å². The maximum absolute atomic E-state index is 12.3. The van der Waals surface area contributed by atoms with Gasteiger partial charge in [0.2, 0.25) is 11.8 Å². The molecule has 2 aliphatic heterocycles. The molecule has 0 aliphatic carbocycles. The molecule has 2 amide bonds. The summed E-state index contributed by atoms with van der Waals surface area (Å²) in [5.41, 5.74) is 0. The van der Waals surface area contributed by atoms with Crippen LogP contribution in [0.4, 0.5) is 0 Å². The Hall–Kier alpha value is -1.14. The third kappa shape index (κ3) is 3.67. The fraction of sp³-hybridized carbons (Fsp3) is 0.846. The predicted molar refractivity (Wildman–Crippen MR) is 70.6 cm³/mol. The number of likely N-dealkylation sites (N-methyl/N-ethyl adjacent to an activating group) is 1. The van der Waals surface area contributed by atoms with Crippen LogP contribution in [0.25, 0.3) is 0 Å². The Labute approximate surface area is 113 Å². The molecule has 2 fully saturated rings. The summed E-state index contributed by atoms with van der Waals surface area (Å²) in [4.78, 5) is 25.8. The SMILES string of the molecule is CNC(=O)C1CNCCN1C(=O)CC1CCCCO1. The van der Waals surface area contributed by atoms with Crippen molar-refractivity contribution in [3.05, 3.63) is 0 Å². The highest BCUT2D eigenvalue weighted by Gasteiger charge is 2.32. The van der Waals surface area contributed by atoms with E-state index in [2.05, 4.69) is 10.6 Å². The monoisotopic (exact) mass is 269 g/mol. The third-order valence-electron chi connectivity index (χ3n) is 3.79. The largest absolute Gasteiger partial charge is 0.378 e. The topological polar surface area (TPSA) is 70.7 Å². The van der Waals surface area contributed by atoms with Crippen molar-refractivity contribution in [2.24, 2.45) is 0 Å². The van der Waals surface area contributed by atoms with Gasteiger partial charge in [0.25, 0.3) is 0 Å². The summed E-state index contributed by atoms with van der Waals surface area (Å²) in [6.07, 6.45) is 3.58. The van der Waals surface area contributed by atoms with Gasteiger partial charge in [0, 0.05) is 33.3 Å². The van der Waals surface area contributed by atoms with Crippen molar-refractivity contribution in [1.29, 1.82) is 0 Å². The fourth-order valence-corrected chi connectivity index (χ4v) is 2.68. The molecule has 2 unspecified atom stereocenters. The zero-order chi connectivity index (χ0) is 13.7. The van der Waals surface area contributed by atoms with Crippen LogP contribution in [0.3, 0.4) is 0 Å². The standard InChI is InChI=1S/C13H23N3O3/c1-14-13(18)11-9-15-5-6-16(11)12(17)8-10-4-2-3-7-19-10/h10-11,15H,2-9H2,1H3,(H,14,18). The van der Waals surface area contributed by atoms with Crippen molar-refractivity contribution in [3.63, 3.8) is 0 Å². The van der Waals surface area contributed by atoms with E-state index in [9.17, 15) is 9.59 Å². The maximum atomic E-state index is 12.3. The van der Waals surface area contributed by atoms with Crippen LogP contribution in [-0.2, 0) is 14.3 Å². The highest BCUT2D eigenvalue weighted by molar-refractivity contribution is 5.88. The predicted octanol–water partition coefficient (Wildman–Crippen LogP) is -0.508. The van der Waals surface area contributed by atoms with E-state index in [0.29, 0.717) is 19.5 Å². The van der Waals surface area contributed by atoms with E-state index in [1.807, 2.05) is 0 Å². The van der Waals surface area contributed by atoms with Crippen LogP contribution in [0.15, 0.2) is 0 Å². The Morgan fingerprint density at radius 2 is 2.26 bits per heavy atom. The van der Waals surface area contributed by atoms with Crippen molar-refractivity contribution in [2.75, 3.05) is 33.3 Å². The van der Waals surface area contributed by atoms with Gasteiger partial charge in [-0.05, 0) is 19.3 Å². The van der Waals surface area contributed by atoms with Gasteiger partial charge in [-0.1, -0.05) is 0 Å². The normalized spacial score (nSPS) is 27.9. The van der Waals surface area contributed by atoms with Crippen LogP contribution in [0.1, 0.15) is 25.7 Å². The quantitative estimate of drug-likeness (QED) is 0.724. The number of nitrogens with zero attached hydrogens (tertiary/aromatic N) is 1. The van der Waals surface area contributed by atoms with Crippen LogP contribution in [-0.4, -0.2) is 62.1 Å². The molecule has 2 atom stereocenters. The molecule has 108 valence electrons. The summed E-state index contributed by atoms with van der Waals surface area (Å²) >= 11 is 0. The van der Waals surface area contributed by atoms with E-state index < -0.39 is 6.04 Å². The molecule has 2 rings (SSSR count). The second kappa shape index (κ2) is 6.86. The minimum Gasteiger partial charge on any atom is -0.378 e. The molecule has 0 aromatic carbocycles. The lowest BCUT2D eigenvalue weighted by Gasteiger charge is -2.36. The maximum Gasteiger partial charge on any atom is 0.243 e. The van der Waals surface area contributed by atoms with Gasteiger partial charge in [-0.3, -0.25) is 9.59 Å². The van der Waals surface area contributed by atoms with E-state index in [1.165, 1.54) is 0 Å². The molecule has 2 heterocycles. The molecule has 0 saturated carbocycles. The smallest absolute Gasteiger partial charge is 0.243 e. The van der Waals surface area contributed by atoms with Crippen LogP contribution < -0.4 is 10.6 Å². The number of hydrogen-bond donors (Lipinski definition) is 2. The zero-order valence-corrected chi connectivity index (χ0v) is 11.5. The van der Waals surface area contributed by atoms with E-state index in [-0.39, 0.29) is 17.9 Å². The zero-order valence-electron chi connectivity index (χ0n) is 11.5. The molecule has 6 heteroatoms. The molecule has 19 heavy (non-hydrogen) atoms. The Kier molecular flexibility index (Phi) is 5.15. The lowest BCUT2D eigenvalue weighted by Crippen LogP contribution is -2.59. The first-order chi connectivity index (χ1) is 9.22. The molecular weight excluding hydrogens is 246 g/mol. The first-order valence-electron chi connectivity index (χ1n) is 7.05. The van der Waals surface area contributed by atoms with E-state index in [0.717, 1.165) is 32.4 Å². The first-order valence-corrected chi connectivity index (χ1v) is 7.05. The van der Waals surface area contributed by atoms with Gasteiger partial charge in [0.1, 0.15) is 6.04 Å². The average Bonchev–Trinajstić information content (AvgIpc) is 2.47. The number of rotatable bonds is 3. The summed E-state index contributed by atoms with van der Waals surface area (Å²) in [5, 5.41) is 5.77. The number of carbonyl (C=O) groups excluding carboxylic acids is 2. The molecule has 0 bridgehead atoms. The molecule has 2 aliphatic rings. The van der Waals surface area contributed by atoms with Crippen molar-refractivity contribution in [1.82, 2.24) is 15.5 Å². The second-order valence-corrected chi connectivity index (χ2v) is 5.11. The fourth-order valence-electron chi connectivity index (χ4n) is 2.68. The number of nitrogens with one attached hydrogen (secondary N) is 2. The number of ether oxygens (including phenoxy) is 1. The van der Waals surface area contributed by atoms with Gasteiger partial charge in [-0.25, -0.2) is 0 Å². The van der Waals surface area contributed by atoms with Crippen LogP contribution in [0.5, 0.6) is 0 Å². The highest BCUT2D eigenvalue weighted by Crippen LogP contribution is 2.17. The van der Waals surface area contributed by atoms with E-state index >= 15 is 0 Å². The highest BCUT2D eigenvalue weighted by atomic mass is 16.5. The van der Waals surface area contributed by atoms with Gasteiger partial charge < -0.3 is 20.3 Å². The van der Waals surface area contributed by atoms with Crippen molar-refractivity contribution in [3.8, 4) is 0 Å². The molecular formula is C13H23N3O3. The van der Waals surface area contributed by atoms with Gasteiger partial charge in [-0.2, -0.15) is 0 Å². The Balaban J connectivity index is 1.92.